The fourth-order valence-electron chi connectivity index (χ4n) is 4.17. The maximum atomic E-state index is 13.2. The lowest BCUT2D eigenvalue weighted by molar-refractivity contribution is 0.0696. The van der Waals surface area contributed by atoms with Crippen LogP contribution in [0.1, 0.15) is 55.7 Å². The maximum absolute atomic E-state index is 13.2. The Labute approximate surface area is 196 Å². The van der Waals surface area contributed by atoms with Crippen LogP contribution in [-0.2, 0) is 22.9 Å². The van der Waals surface area contributed by atoms with Gasteiger partial charge in [-0.05, 0) is 117 Å². The van der Waals surface area contributed by atoms with E-state index in [1.54, 1.807) is 30.3 Å². The second kappa shape index (κ2) is 9.79. The molecule has 174 valence electrons. The van der Waals surface area contributed by atoms with Gasteiger partial charge >= 0.3 is 5.97 Å². The molecule has 6 heteroatoms. The molecule has 0 aliphatic carbocycles. The largest absolute Gasteiger partial charge is 0.478 e. The normalized spacial score (nSPS) is 11.4. The monoisotopic (exact) mass is 465 g/mol. The van der Waals surface area contributed by atoms with Crippen LogP contribution in [0.3, 0.4) is 0 Å². The molecule has 0 saturated heterocycles. The number of benzene rings is 3. The van der Waals surface area contributed by atoms with E-state index in [0.717, 1.165) is 58.2 Å². The van der Waals surface area contributed by atoms with Gasteiger partial charge in [0.2, 0.25) is 0 Å². The summed E-state index contributed by atoms with van der Waals surface area (Å²) in [6, 6.07) is 14.4. The molecule has 0 aliphatic rings. The van der Waals surface area contributed by atoms with Crippen LogP contribution >= 0.6 is 0 Å². The fraction of sp³-hybridized carbons (Fsp3) is 0.296. The average Bonchev–Trinajstić information content (AvgIpc) is 2.77. The number of hydrogen-bond acceptors (Lipinski definition) is 3. The second-order valence-electron chi connectivity index (χ2n) is 8.62. The number of carboxylic acid groups (broad SMARTS) is 1. The van der Waals surface area contributed by atoms with Crippen molar-refractivity contribution in [1.82, 2.24) is 0 Å². The number of carboxylic acids is 1. The first kappa shape index (κ1) is 24.5. The predicted molar refractivity (Wildman–Crippen MR) is 133 cm³/mol. The Balaban J connectivity index is 1.69. The van der Waals surface area contributed by atoms with Crippen molar-refractivity contribution < 1.29 is 18.3 Å². The number of aromatic carboxylic acids is 1. The molecule has 2 N–H and O–H groups in total. The average molecular weight is 466 g/mol. The lowest BCUT2D eigenvalue weighted by Crippen LogP contribution is -2.17. The SMILES string of the molecule is Cc1c(C)c(C)c(S(=O)(=O)Nc2ccc(CCCc3cccc(C(=O)O)c3)cc2)c(C)c1C. The molecule has 0 unspecified atom stereocenters. The molecule has 5 nitrogen and oxygen atoms in total. The third kappa shape index (κ3) is 5.45. The molecule has 33 heavy (non-hydrogen) atoms. The molecule has 0 spiro atoms. The van der Waals surface area contributed by atoms with Gasteiger partial charge in [-0.3, -0.25) is 4.72 Å². The maximum Gasteiger partial charge on any atom is 0.335 e. The zero-order valence-electron chi connectivity index (χ0n) is 19.8. The summed E-state index contributed by atoms with van der Waals surface area (Å²) in [7, 11) is -3.71. The van der Waals surface area contributed by atoms with E-state index < -0.39 is 16.0 Å². The predicted octanol–water partition coefficient (Wildman–Crippen LogP) is 5.90. The van der Waals surface area contributed by atoms with Gasteiger partial charge in [-0.1, -0.05) is 24.3 Å². The van der Waals surface area contributed by atoms with Crippen LogP contribution in [0.2, 0.25) is 0 Å². The number of sulfonamides is 1. The number of carbonyl (C=O) groups is 1. The van der Waals surface area contributed by atoms with Gasteiger partial charge in [0, 0.05) is 5.69 Å². The molecule has 0 aliphatic heterocycles. The van der Waals surface area contributed by atoms with Crippen molar-refractivity contribution in [3.05, 3.63) is 93.0 Å². The Morgan fingerprint density at radius 3 is 1.91 bits per heavy atom. The van der Waals surface area contributed by atoms with Crippen LogP contribution in [0.4, 0.5) is 5.69 Å². The summed E-state index contributed by atoms with van der Waals surface area (Å²) in [5.74, 6) is -0.920. The Kier molecular flexibility index (Phi) is 7.28. The third-order valence-corrected chi connectivity index (χ3v) is 8.17. The Morgan fingerprint density at radius 1 is 0.788 bits per heavy atom. The molecule has 0 saturated carbocycles. The summed E-state index contributed by atoms with van der Waals surface area (Å²) in [6.07, 6.45) is 2.47. The first-order valence-electron chi connectivity index (χ1n) is 11.0. The summed E-state index contributed by atoms with van der Waals surface area (Å²) in [5, 5.41) is 9.11. The van der Waals surface area contributed by atoms with E-state index in [1.165, 1.54) is 0 Å². The molecule has 0 amide bonds. The Morgan fingerprint density at radius 2 is 1.33 bits per heavy atom. The van der Waals surface area contributed by atoms with Crippen molar-refractivity contribution in [2.75, 3.05) is 4.72 Å². The molecule has 0 radical (unpaired) electrons. The van der Waals surface area contributed by atoms with Gasteiger partial charge in [-0.2, -0.15) is 0 Å². The number of aryl methyl sites for hydroxylation is 2. The molecular formula is C27H31NO4S. The van der Waals surface area contributed by atoms with Crippen LogP contribution in [0, 0.1) is 34.6 Å². The quantitative estimate of drug-likeness (QED) is 0.434. The molecule has 0 bridgehead atoms. The van der Waals surface area contributed by atoms with Gasteiger partial charge in [-0.25, -0.2) is 13.2 Å². The van der Waals surface area contributed by atoms with Crippen molar-refractivity contribution in [3.63, 3.8) is 0 Å². The van der Waals surface area contributed by atoms with Crippen LogP contribution in [0.25, 0.3) is 0 Å². The van der Waals surface area contributed by atoms with E-state index in [4.69, 9.17) is 5.11 Å². The van der Waals surface area contributed by atoms with Gasteiger partial charge in [0.1, 0.15) is 0 Å². The summed E-state index contributed by atoms with van der Waals surface area (Å²) in [6.45, 7) is 9.67. The van der Waals surface area contributed by atoms with E-state index in [0.29, 0.717) is 16.1 Å². The van der Waals surface area contributed by atoms with Gasteiger partial charge in [0.25, 0.3) is 10.0 Å². The Hall–Kier alpha value is -3.12. The van der Waals surface area contributed by atoms with Crippen molar-refractivity contribution >= 4 is 21.7 Å². The minimum Gasteiger partial charge on any atom is -0.478 e. The highest BCUT2D eigenvalue weighted by Gasteiger charge is 2.23. The molecule has 3 rings (SSSR count). The highest BCUT2D eigenvalue weighted by Crippen LogP contribution is 2.30. The van der Waals surface area contributed by atoms with Crippen molar-refractivity contribution in [2.45, 2.75) is 58.8 Å². The second-order valence-corrected chi connectivity index (χ2v) is 10.2. The molecule has 3 aromatic rings. The topological polar surface area (TPSA) is 83.5 Å². The zero-order chi connectivity index (χ0) is 24.3. The lowest BCUT2D eigenvalue weighted by Gasteiger charge is -2.19. The summed E-state index contributed by atoms with van der Waals surface area (Å²) >= 11 is 0. The van der Waals surface area contributed by atoms with E-state index in [9.17, 15) is 13.2 Å². The minimum absolute atomic E-state index is 0.300. The number of hydrogen-bond donors (Lipinski definition) is 2. The van der Waals surface area contributed by atoms with Crippen molar-refractivity contribution in [2.24, 2.45) is 0 Å². The fourth-order valence-corrected chi connectivity index (χ4v) is 5.83. The standard InChI is InChI=1S/C27H31NO4S/c1-17-18(2)20(4)26(21(5)19(17)3)33(31,32)28-25-14-12-22(13-15-25)8-6-9-23-10-7-11-24(16-23)27(29)30/h7,10-16,28H,6,8-9H2,1-5H3,(H,29,30). The first-order valence-corrected chi connectivity index (χ1v) is 12.5. The smallest absolute Gasteiger partial charge is 0.335 e. The third-order valence-electron chi connectivity index (χ3n) is 6.51. The summed E-state index contributed by atoms with van der Waals surface area (Å²) in [4.78, 5) is 11.5. The number of nitrogens with one attached hydrogen (secondary N) is 1. The molecule has 0 atom stereocenters. The number of anilines is 1. The van der Waals surface area contributed by atoms with Gasteiger partial charge in [0.15, 0.2) is 0 Å². The van der Waals surface area contributed by atoms with Crippen molar-refractivity contribution in [3.8, 4) is 0 Å². The van der Waals surface area contributed by atoms with E-state index >= 15 is 0 Å². The zero-order valence-corrected chi connectivity index (χ0v) is 20.6. The molecule has 3 aromatic carbocycles. The van der Waals surface area contributed by atoms with Crippen molar-refractivity contribution in [1.29, 1.82) is 0 Å². The first-order chi connectivity index (χ1) is 15.5. The summed E-state index contributed by atoms with van der Waals surface area (Å²) < 4.78 is 29.1. The van der Waals surface area contributed by atoms with E-state index in [-0.39, 0.29) is 0 Å². The highest BCUT2D eigenvalue weighted by atomic mass is 32.2. The van der Waals surface area contributed by atoms with Crippen LogP contribution in [-0.4, -0.2) is 19.5 Å². The molecule has 0 heterocycles. The minimum atomic E-state index is -3.71. The van der Waals surface area contributed by atoms with Gasteiger partial charge in [-0.15, -0.1) is 0 Å². The molecule has 0 fully saturated rings. The van der Waals surface area contributed by atoms with Crippen LogP contribution in [0.15, 0.2) is 53.4 Å². The highest BCUT2D eigenvalue weighted by molar-refractivity contribution is 7.92. The van der Waals surface area contributed by atoms with Gasteiger partial charge in [0.05, 0.1) is 10.5 Å². The van der Waals surface area contributed by atoms with Crippen LogP contribution < -0.4 is 4.72 Å². The number of rotatable bonds is 8. The molecular weight excluding hydrogens is 434 g/mol. The van der Waals surface area contributed by atoms with E-state index in [1.807, 2.05) is 52.8 Å². The van der Waals surface area contributed by atoms with Crippen LogP contribution in [0.5, 0.6) is 0 Å². The molecule has 0 aromatic heterocycles. The lowest BCUT2D eigenvalue weighted by atomic mass is 9.95. The summed E-state index contributed by atoms with van der Waals surface area (Å²) in [5.41, 5.74) is 7.62. The van der Waals surface area contributed by atoms with E-state index in [2.05, 4.69) is 4.72 Å². The van der Waals surface area contributed by atoms with Gasteiger partial charge < -0.3 is 5.11 Å². The Bertz CT molecular complexity index is 1260.